The molecule has 188 valence electrons. The van der Waals surface area contributed by atoms with Crippen LogP contribution in [-0.4, -0.2) is 40.7 Å². The van der Waals surface area contributed by atoms with E-state index in [-0.39, 0.29) is 0 Å². The van der Waals surface area contributed by atoms with Crippen LogP contribution in [0, 0.1) is 12.8 Å². The minimum atomic E-state index is -2.03. The molecule has 0 N–H and O–H groups in total. The van der Waals surface area contributed by atoms with E-state index in [1.54, 1.807) is 5.57 Å². The minimum Gasteiger partial charge on any atom is -0.490 e. The van der Waals surface area contributed by atoms with E-state index in [1.165, 1.54) is 39.2 Å². The summed E-state index contributed by atoms with van der Waals surface area (Å²) in [6, 6.07) is 14.0. The van der Waals surface area contributed by atoms with E-state index in [0.29, 0.717) is 18.1 Å². The zero-order valence-corrected chi connectivity index (χ0v) is 24.9. The van der Waals surface area contributed by atoms with Gasteiger partial charge in [0.25, 0.3) is 0 Å². The standard InChI is InChI=1S/C32H41NOSi2/c1-8-17-34-32-30(35(3,4)5)18-23(2)19-31(32)36(6,7)29-20-28(26-15-11-12-16-27(26)29)33-21-24-13-9-10-14-25(24)22-33/h8-13,15-16,18-20,25,29H,1,14,17,21-22H2,2-7H3. The van der Waals surface area contributed by atoms with Gasteiger partial charge in [-0.15, -0.1) is 0 Å². The van der Waals surface area contributed by atoms with E-state index in [9.17, 15) is 0 Å². The summed E-state index contributed by atoms with van der Waals surface area (Å²) in [4.78, 5) is 2.64. The van der Waals surface area contributed by atoms with E-state index in [0.717, 1.165) is 18.8 Å². The van der Waals surface area contributed by atoms with Gasteiger partial charge in [-0.25, -0.2) is 0 Å². The largest absolute Gasteiger partial charge is 0.490 e. The Balaban J connectivity index is 1.61. The van der Waals surface area contributed by atoms with Gasteiger partial charge < -0.3 is 9.64 Å². The Morgan fingerprint density at radius 1 is 1.08 bits per heavy atom. The van der Waals surface area contributed by atoms with Gasteiger partial charge in [0.15, 0.2) is 0 Å². The van der Waals surface area contributed by atoms with Crippen LogP contribution in [0.4, 0.5) is 0 Å². The minimum absolute atomic E-state index is 0.417. The van der Waals surface area contributed by atoms with Crippen LogP contribution < -0.4 is 15.1 Å². The second-order valence-corrected chi connectivity index (χ2v) is 22.0. The van der Waals surface area contributed by atoms with Crippen molar-refractivity contribution >= 4 is 32.2 Å². The van der Waals surface area contributed by atoms with Crippen molar-refractivity contribution in [3.05, 3.63) is 95.6 Å². The molecule has 1 saturated heterocycles. The third-order valence-electron chi connectivity index (χ3n) is 8.30. The van der Waals surface area contributed by atoms with Crippen LogP contribution in [0.3, 0.4) is 0 Å². The van der Waals surface area contributed by atoms with Gasteiger partial charge in [0.1, 0.15) is 12.4 Å². The molecule has 0 radical (unpaired) electrons. The lowest BCUT2D eigenvalue weighted by Crippen LogP contribution is -2.51. The molecule has 2 aromatic rings. The Kier molecular flexibility index (Phi) is 6.54. The molecule has 0 aromatic heterocycles. The number of hydrogen-bond acceptors (Lipinski definition) is 2. The lowest BCUT2D eigenvalue weighted by atomic mass is 9.95. The summed E-state index contributed by atoms with van der Waals surface area (Å²) in [5.74, 6) is 1.82. The monoisotopic (exact) mass is 511 g/mol. The maximum atomic E-state index is 6.53. The van der Waals surface area contributed by atoms with E-state index >= 15 is 0 Å². The number of likely N-dealkylation sites (tertiary alicyclic amines) is 1. The lowest BCUT2D eigenvalue weighted by molar-refractivity contribution is 0.368. The number of fused-ring (bicyclic) bond motifs is 2. The highest BCUT2D eigenvalue weighted by molar-refractivity contribution is 6.94. The van der Waals surface area contributed by atoms with Crippen LogP contribution in [0.25, 0.3) is 5.70 Å². The molecule has 36 heavy (non-hydrogen) atoms. The number of aryl methyl sites for hydroxylation is 1. The molecule has 1 heterocycles. The highest BCUT2D eigenvalue weighted by atomic mass is 28.3. The molecule has 5 rings (SSSR count). The molecular formula is C32H41NOSi2. The molecule has 0 amide bonds. The van der Waals surface area contributed by atoms with E-state index in [1.807, 2.05) is 6.08 Å². The molecule has 1 fully saturated rings. The van der Waals surface area contributed by atoms with Crippen LogP contribution in [0.5, 0.6) is 5.75 Å². The molecule has 0 bridgehead atoms. The van der Waals surface area contributed by atoms with Crippen molar-refractivity contribution in [3.8, 4) is 5.75 Å². The Morgan fingerprint density at radius 2 is 1.83 bits per heavy atom. The summed E-state index contributed by atoms with van der Waals surface area (Å²) < 4.78 is 6.53. The second-order valence-electron chi connectivity index (χ2n) is 12.4. The maximum absolute atomic E-state index is 6.53. The van der Waals surface area contributed by atoms with Gasteiger partial charge in [0.05, 0.1) is 16.1 Å². The second kappa shape index (κ2) is 9.39. The average molecular weight is 512 g/mol. The first kappa shape index (κ1) is 25.1. The quantitative estimate of drug-likeness (QED) is 0.310. The topological polar surface area (TPSA) is 12.5 Å². The Morgan fingerprint density at radius 3 is 2.56 bits per heavy atom. The SMILES string of the molecule is C=CCOc1c([Si](C)(C)C)cc(C)cc1[Si](C)(C)C1C=C(N2CC3=CC=CCC3C2)c2ccccc21. The predicted molar refractivity (Wildman–Crippen MR) is 161 cm³/mol. The summed E-state index contributed by atoms with van der Waals surface area (Å²) in [6.07, 6.45) is 12.6. The predicted octanol–water partition coefficient (Wildman–Crippen LogP) is 6.52. The first-order valence-electron chi connectivity index (χ1n) is 13.4. The van der Waals surface area contributed by atoms with Crippen molar-refractivity contribution in [2.75, 3.05) is 19.7 Å². The van der Waals surface area contributed by atoms with Gasteiger partial charge in [0.2, 0.25) is 0 Å². The number of benzene rings is 2. The molecule has 2 aromatic carbocycles. The third kappa shape index (κ3) is 4.39. The maximum Gasteiger partial charge on any atom is 0.118 e. The smallest absolute Gasteiger partial charge is 0.118 e. The number of allylic oxidation sites excluding steroid dienone is 4. The fraction of sp³-hybridized carbons (Fsp3) is 0.375. The van der Waals surface area contributed by atoms with Crippen molar-refractivity contribution in [1.82, 2.24) is 4.90 Å². The van der Waals surface area contributed by atoms with Crippen LogP contribution in [0.2, 0.25) is 32.7 Å². The highest BCUT2D eigenvalue weighted by Crippen LogP contribution is 2.45. The first-order chi connectivity index (χ1) is 17.1. The molecule has 2 unspecified atom stereocenters. The van der Waals surface area contributed by atoms with Crippen LogP contribution in [-0.2, 0) is 0 Å². The van der Waals surface area contributed by atoms with Crippen LogP contribution in [0.15, 0.2) is 78.9 Å². The third-order valence-corrected chi connectivity index (χ3v) is 14.1. The van der Waals surface area contributed by atoms with Gasteiger partial charge in [0, 0.05) is 35.8 Å². The van der Waals surface area contributed by atoms with Crippen molar-refractivity contribution < 1.29 is 4.74 Å². The van der Waals surface area contributed by atoms with Gasteiger partial charge in [-0.2, -0.15) is 0 Å². The molecule has 2 nitrogen and oxygen atoms in total. The fourth-order valence-electron chi connectivity index (χ4n) is 6.32. The van der Waals surface area contributed by atoms with Gasteiger partial charge in [-0.3, -0.25) is 0 Å². The van der Waals surface area contributed by atoms with Crippen molar-refractivity contribution in [1.29, 1.82) is 0 Å². The summed E-state index contributed by atoms with van der Waals surface area (Å²) in [6.45, 7) is 21.3. The normalized spacial score (nSPS) is 21.1. The highest BCUT2D eigenvalue weighted by Gasteiger charge is 2.43. The number of nitrogens with zero attached hydrogens (tertiary/aromatic N) is 1. The molecule has 3 aliphatic rings. The Hall–Kier alpha value is -2.57. The van der Waals surface area contributed by atoms with Crippen molar-refractivity contribution in [2.45, 2.75) is 51.6 Å². The summed E-state index contributed by atoms with van der Waals surface area (Å²) in [5, 5.41) is 2.90. The van der Waals surface area contributed by atoms with Gasteiger partial charge >= 0.3 is 0 Å². The first-order valence-corrected chi connectivity index (χ1v) is 20.0. The molecule has 2 aliphatic carbocycles. The lowest BCUT2D eigenvalue weighted by Gasteiger charge is -2.34. The summed E-state index contributed by atoms with van der Waals surface area (Å²) in [5.41, 5.74) is 7.74. The van der Waals surface area contributed by atoms with Gasteiger partial charge in [-0.1, -0.05) is 112 Å². The Labute approximate surface area is 220 Å². The molecular weight excluding hydrogens is 471 g/mol. The Bertz CT molecular complexity index is 1280. The van der Waals surface area contributed by atoms with E-state index in [4.69, 9.17) is 4.74 Å². The van der Waals surface area contributed by atoms with Crippen LogP contribution >= 0.6 is 0 Å². The molecule has 2 atom stereocenters. The number of rotatable bonds is 7. The van der Waals surface area contributed by atoms with Crippen LogP contribution in [0.1, 0.15) is 28.7 Å². The number of hydrogen-bond donors (Lipinski definition) is 0. The summed E-state index contributed by atoms with van der Waals surface area (Å²) >= 11 is 0. The number of ether oxygens (including phenoxy) is 1. The average Bonchev–Trinajstić information content (AvgIpc) is 3.44. The zero-order chi connectivity index (χ0) is 25.7. The zero-order valence-electron chi connectivity index (χ0n) is 22.9. The molecule has 0 spiro atoms. The van der Waals surface area contributed by atoms with E-state index in [2.05, 4.69) is 112 Å². The van der Waals surface area contributed by atoms with Crippen molar-refractivity contribution in [3.63, 3.8) is 0 Å². The molecule has 4 heteroatoms. The summed E-state index contributed by atoms with van der Waals surface area (Å²) in [7, 11) is -3.64. The fourth-order valence-corrected chi connectivity index (χ4v) is 11.3. The van der Waals surface area contributed by atoms with Gasteiger partial charge in [-0.05, 0) is 34.9 Å². The van der Waals surface area contributed by atoms with E-state index < -0.39 is 16.1 Å². The molecule has 0 saturated carbocycles. The van der Waals surface area contributed by atoms with Crippen molar-refractivity contribution in [2.24, 2.45) is 5.92 Å². The molecule has 1 aliphatic heterocycles.